The van der Waals surface area contributed by atoms with Gasteiger partial charge in [-0.05, 0) is 19.3 Å². The van der Waals surface area contributed by atoms with Crippen LogP contribution >= 0.6 is 0 Å². The second kappa shape index (κ2) is 3.31. The molecule has 0 bridgehead atoms. The van der Waals surface area contributed by atoms with E-state index in [1.807, 2.05) is 13.8 Å². The van der Waals surface area contributed by atoms with Gasteiger partial charge in [0, 0.05) is 5.92 Å². The molecule has 0 aliphatic rings. The Balaban J connectivity index is 3.73. The number of hydrogen-bond acceptors (Lipinski definition) is 0. The van der Waals surface area contributed by atoms with Crippen LogP contribution in [0.25, 0.3) is 0 Å². The Morgan fingerprint density at radius 3 is 1.70 bits per heavy atom. The van der Waals surface area contributed by atoms with Crippen LogP contribution in [0, 0.1) is 11.8 Å². The van der Waals surface area contributed by atoms with E-state index in [0.29, 0.717) is 12.3 Å². The van der Waals surface area contributed by atoms with Crippen molar-refractivity contribution in [1.29, 1.82) is 0 Å². The SMILES string of the molecule is CC(C)C[C@H](C)C(C)(F)F. The van der Waals surface area contributed by atoms with Gasteiger partial charge < -0.3 is 0 Å². The highest BCUT2D eigenvalue weighted by atomic mass is 19.3. The van der Waals surface area contributed by atoms with Crippen molar-refractivity contribution in [2.75, 3.05) is 0 Å². The summed E-state index contributed by atoms with van der Waals surface area (Å²) in [6.07, 6.45) is 0.601. The van der Waals surface area contributed by atoms with Crippen LogP contribution in [0.5, 0.6) is 0 Å². The van der Waals surface area contributed by atoms with Gasteiger partial charge in [0.05, 0.1) is 0 Å². The van der Waals surface area contributed by atoms with E-state index in [-0.39, 0.29) is 0 Å². The van der Waals surface area contributed by atoms with Gasteiger partial charge in [0.25, 0.3) is 0 Å². The maximum absolute atomic E-state index is 12.5. The van der Waals surface area contributed by atoms with Gasteiger partial charge in [-0.25, -0.2) is 8.78 Å². The molecule has 10 heavy (non-hydrogen) atoms. The fourth-order valence-electron chi connectivity index (χ4n) is 0.914. The van der Waals surface area contributed by atoms with Crippen LogP contribution in [0.15, 0.2) is 0 Å². The van der Waals surface area contributed by atoms with E-state index in [9.17, 15) is 8.78 Å². The van der Waals surface area contributed by atoms with Crippen molar-refractivity contribution in [1.82, 2.24) is 0 Å². The lowest BCUT2D eigenvalue weighted by atomic mass is 9.94. The highest BCUT2D eigenvalue weighted by Crippen LogP contribution is 2.28. The molecule has 0 amide bonds. The van der Waals surface area contributed by atoms with Crippen molar-refractivity contribution in [3.63, 3.8) is 0 Å². The minimum Gasteiger partial charge on any atom is -0.207 e. The van der Waals surface area contributed by atoms with E-state index in [4.69, 9.17) is 0 Å². The summed E-state index contributed by atoms with van der Waals surface area (Å²) in [5.41, 5.74) is 0. The van der Waals surface area contributed by atoms with Gasteiger partial charge in [-0.1, -0.05) is 20.8 Å². The maximum atomic E-state index is 12.5. The average Bonchev–Trinajstić information content (AvgIpc) is 1.60. The Morgan fingerprint density at radius 1 is 1.20 bits per heavy atom. The highest BCUT2D eigenvalue weighted by molar-refractivity contribution is 4.68. The minimum absolute atomic E-state index is 0.362. The lowest BCUT2D eigenvalue weighted by Crippen LogP contribution is -2.22. The van der Waals surface area contributed by atoms with Crippen LogP contribution in [0.4, 0.5) is 8.78 Å². The van der Waals surface area contributed by atoms with Gasteiger partial charge in [-0.15, -0.1) is 0 Å². The number of hydrogen-bond donors (Lipinski definition) is 0. The van der Waals surface area contributed by atoms with E-state index in [2.05, 4.69) is 0 Å². The third-order valence-corrected chi connectivity index (χ3v) is 1.69. The van der Waals surface area contributed by atoms with Crippen LogP contribution in [0.1, 0.15) is 34.1 Å². The summed E-state index contributed by atoms with van der Waals surface area (Å²) in [5, 5.41) is 0. The van der Waals surface area contributed by atoms with Gasteiger partial charge in [-0.2, -0.15) is 0 Å². The van der Waals surface area contributed by atoms with Gasteiger partial charge in [0.15, 0.2) is 0 Å². The molecule has 0 spiro atoms. The molecule has 0 rings (SSSR count). The van der Waals surface area contributed by atoms with Crippen molar-refractivity contribution < 1.29 is 8.78 Å². The van der Waals surface area contributed by atoms with Crippen LogP contribution in [0.3, 0.4) is 0 Å². The van der Waals surface area contributed by atoms with Gasteiger partial charge >= 0.3 is 0 Å². The standard InChI is InChI=1S/C8H16F2/c1-6(2)5-7(3)8(4,9)10/h6-7H,5H2,1-4H3/t7-/m0/s1. The fourth-order valence-corrected chi connectivity index (χ4v) is 0.914. The van der Waals surface area contributed by atoms with E-state index >= 15 is 0 Å². The van der Waals surface area contributed by atoms with E-state index in [0.717, 1.165) is 6.92 Å². The van der Waals surface area contributed by atoms with Crippen molar-refractivity contribution in [3.05, 3.63) is 0 Å². The molecular formula is C8H16F2. The Hall–Kier alpha value is -0.140. The summed E-state index contributed by atoms with van der Waals surface area (Å²) in [6.45, 7) is 6.50. The normalized spacial score (nSPS) is 15.9. The summed E-state index contributed by atoms with van der Waals surface area (Å²) in [6, 6.07) is 0. The molecule has 62 valence electrons. The molecule has 0 N–H and O–H groups in total. The maximum Gasteiger partial charge on any atom is 0.247 e. The largest absolute Gasteiger partial charge is 0.247 e. The number of rotatable bonds is 3. The zero-order chi connectivity index (χ0) is 8.36. The Bertz CT molecular complexity index is 91.9. The molecule has 0 aromatic carbocycles. The van der Waals surface area contributed by atoms with Crippen LogP contribution in [0.2, 0.25) is 0 Å². The highest BCUT2D eigenvalue weighted by Gasteiger charge is 2.29. The van der Waals surface area contributed by atoms with Crippen molar-refractivity contribution in [2.45, 2.75) is 40.0 Å². The predicted octanol–water partition coefficient (Wildman–Crippen LogP) is 3.32. The number of halogens is 2. The molecule has 0 saturated heterocycles. The quantitative estimate of drug-likeness (QED) is 0.579. The Morgan fingerprint density at radius 2 is 1.60 bits per heavy atom. The Labute approximate surface area is 61.6 Å². The summed E-state index contributed by atoms with van der Waals surface area (Å²) < 4.78 is 25.0. The third kappa shape index (κ3) is 3.80. The zero-order valence-electron chi connectivity index (χ0n) is 7.12. The first-order chi connectivity index (χ1) is 4.34. The summed E-state index contributed by atoms with van der Waals surface area (Å²) >= 11 is 0. The van der Waals surface area contributed by atoms with Gasteiger partial charge in [-0.3, -0.25) is 0 Å². The second-order valence-electron chi connectivity index (χ2n) is 3.49. The fraction of sp³-hybridized carbons (Fsp3) is 1.00. The smallest absolute Gasteiger partial charge is 0.207 e. The molecular weight excluding hydrogens is 134 g/mol. The lowest BCUT2D eigenvalue weighted by Gasteiger charge is -2.20. The average molecular weight is 150 g/mol. The lowest BCUT2D eigenvalue weighted by molar-refractivity contribution is -0.0394. The molecule has 0 radical (unpaired) electrons. The molecule has 0 heterocycles. The molecule has 1 atom stereocenters. The predicted molar refractivity (Wildman–Crippen MR) is 39.2 cm³/mol. The first-order valence-electron chi connectivity index (χ1n) is 3.72. The van der Waals surface area contributed by atoms with Crippen LogP contribution < -0.4 is 0 Å². The monoisotopic (exact) mass is 150 g/mol. The molecule has 2 heteroatoms. The topological polar surface area (TPSA) is 0 Å². The second-order valence-corrected chi connectivity index (χ2v) is 3.49. The minimum atomic E-state index is -2.51. The Kier molecular flexibility index (Phi) is 3.26. The zero-order valence-corrected chi connectivity index (χ0v) is 7.12. The van der Waals surface area contributed by atoms with E-state index in [1.54, 1.807) is 6.92 Å². The molecule has 0 saturated carbocycles. The summed E-state index contributed by atoms with van der Waals surface area (Å²) in [5.74, 6) is -2.64. The van der Waals surface area contributed by atoms with E-state index in [1.165, 1.54) is 0 Å². The number of alkyl halides is 2. The molecule has 0 aliphatic heterocycles. The van der Waals surface area contributed by atoms with Gasteiger partial charge in [0.1, 0.15) is 0 Å². The first-order valence-corrected chi connectivity index (χ1v) is 3.72. The molecule has 0 aromatic rings. The van der Waals surface area contributed by atoms with E-state index < -0.39 is 11.8 Å². The summed E-state index contributed by atoms with van der Waals surface area (Å²) in [4.78, 5) is 0. The van der Waals surface area contributed by atoms with Gasteiger partial charge in [0.2, 0.25) is 5.92 Å². The van der Waals surface area contributed by atoms with Crippen LogP contribution in [-0.4, -0.2) is 5.92 Å². The van der Waals surface area contributed by atoms with Crippen molar-refractivity contribution in [3.8, 4) is 0 Å². The molecule has 0 fully saturated rings. The van der Waals surface area contributed by atoms with Crippen molar-refractivity contribution >= 4 is 0 Å². The summed E-state index contributed by atoms with van der Waals surface area (Å²) in [7, 11) is 0. The first kappa shape index (κ1) is 9.86. The molecule has 0 nitrogen and oxygen atoms in total. The molecule has 0 unspecified atom stereocenters. The molecule has 0 aromatic heterocycles. The third-order valence-electron chi connectivity index (χ3n) is 1.69. The van der Waals surface area contributed by atoms with Crippen molar-refractivity contribution in [2.24, 2.45) is 11.8 Å². The van der Waals surface area contributed by atoms with Crippen LogP contribution in [-0.2, 0) is 0 Å². The molecule has 0 aliphatic carbocycles.